The Hall–Kier alpha value is -3.13. The highest BCUT2D eigenvalue weighted by Gasteiger charge is 2.40. The number of benzene rings is 2. The summed E-state index contributed by atoms with van der Waals surface area (Å²) < 4.78 is 10.6. The minimum atomic E-state index is -0.440. The first-order valence-corrected chi connectivity index (χ1v) is 8.24. The molecule has 134 valence electrons. The highest BCUT2D eigenvalue weighted by Crippen LogP contribution is 2.33. The van der Waals surface area contributed by atoms with E-state index in [-0.39, 0.29) is 31.0 Å². The summed E-state index contributed by atoms with van der Waals surface area (Å²) in [6.45, 7) is 1.68. The summed E-state index contributed by atoms with van der Waals surface area (Å²) in [5.74, 6) is 1.34. The second-order valence-corrected chi connectivity index (χ2v) is 6.24. The van der Waals surface area contributed by atoms with Gasteiger partial charge in [-0.05, 0) is 17.7 Å². The van der Waals surface area contributed by atoms with Crippen LogP contribution in [0.3, 0.4) is 0 Å². The summed E-state index contributed by atoms with van der Waals surface area (Å²) in [4.78, 5) is 24.9. The number of nitrogens with zero attached hydrogens (tertiary/aromatic N) is 2. The van der Waals surface area contributed by atoms with Gasteiger partial charge in [-0.25, -0.2) is 0 Å². The van der Waals surface area contributed by atoms with Gasteiger partial charge in [0, 0.05) is 31.3 Å². The fourth-order valence-corrected chi connectivity index (χ4v) is 3.01. The van der Waals surface area contributed by atoms with Crippen LogP contribution in [0.4, 0.5) is 5.69 Å². The number of rotatable bonds is 6. The Morgan fingerprint density at radius 1 is 1.23 bits per heavy atom. The molecule has 4 rings (SSSR count). The lowest BCUT2D eigenvalue weighted by Gasteiger charge is -2.07. The topological polar surface area (TPSA) is 93.7 Å². The van der Waals surface area contributed by atoms with Gasteiger partial charge in [-0.2, -0.15) is 0 Å². The molecule has 1 fully saturated rings. The summed E-state index contributed by atoms with van der Waals surface area (Å²) in [5.41, 5.74) is 1.55. The highest BCUT2D eigenvalue weighted by atomic mass is 16.7. The molecule has 2 unspecified atom stereocenters. The number of hydrogen-bond acceptors (Lipinski definition) is 6. The molecule has 2 atom stereocenters. The van der Waals surface area contributed by atoms with Crippen molar-refractivity contribution in [2.75, 3.05) is 13.3 Å². The van der Waals surface area contributed by atoms with Crippen LogP contribution in [0.15, 0.2) is 42.5 Å². The Morgan fingerprint density at radius 3 is 2.88 bits per heavy atom. The summed E-state index contributed by atoms with van der Waals surface area (Å²) in [6, 6.07) is 11.9. The van der Waals surface area contributed by atoms with E-state index in [9.17, 15) is 14.9 Å². The van der Waals surface area contributed by atoms with Gasteiger partial charge in [-0.3, -0.25) is 19.8 Å². The molecule has 1 amide bonds. The monoisotopic (exact) mass is 355 g/mol. The van der Waals surface area contributed by atoms with Gasteiger partial charge in [0.2, 0.25) is 12.7 Å². The van der Waals surface area contributed by atoms with Gasteiger partial charge in [-0.15, -0.1) is 0 Å². The number of nitro groups is 1. The molecule has 8 heteroatoms. The Balaban J connectivity index is 1.31. The van der Waals surface area contributed by atoms with Crippen LogP contribution < -0.4 is 14.8 Å². The van der Waals surface area contributed by atoms with Gasteiger partial charge in [0.15, 0.2) is 11.5 Å². The van der Waals surface area contributed by atoms with Gasteiger partial charge >= 0.3 is 0 Å². The number of amides is 1. The first-order valence-electron chi connectivity index (χ1n) is 8.24. The van der Waals surface area contributed by atoms with E-state index in [0.717, 1.165) is 17.1 Å². The lowest BCUT2D eigenvalue weighted by molar-refractivity contribution is -0.385. The average molecular weight is 355 g/mol. The molecule has 2 aromatic carbocycles. The predicted octanol–water partition coefficient (Wildman–Crippen LogP) is 1.82. The number of carbonyl (C=O) groups excluding carboxylic acids is 1. The van der Waals surface area contributed by atoms with Gasteiger partial charge in [0.05, 0.1) is 4.92 Å². The predicted molar refractivity (Wildman–Crippen MR) is 91.7 cm³/mol. The number of fused-ring (bicyclic) bond motifs is 1. The van der Waals surface area contributed by atoms with Crippen molar-refractivity contribution in [1.82, 2.24) is 10.2 Å². The van der Waals surface area contributed by atoms with Crippen molar-refractivity contribution in [2.45, 2.75) is 19.1 Å². The maximum Gasteiger partial charge on any atom is 0.274 e. The van der Waals surface area contributed by atoms with Gasteiger partial charge in [0.1, 0.15) is 6.04 Å². The standard InChI is InChI=1S/C18H17N3O5/c22-18(19-8-13-3-1-2-4-14(13)21(23)24)15-10-20(15)9-12-5-6-16-17(7-12)26-11-25-16/h1-7,15H,8-11H2,(H,19,22). The summed E-state index contributed by atoms with van der Waals surface area (Å²) in [7, 11) is 0. The van der Waals surface area contributed by atoms with E-state index in [4.69, 9.17) is 9.47 Å². The Kier molecular flexibility index (Phi) is 4.18. The lowest BCUT2D eigenvalue weighted by atomic mass is 10.2. The van der Waals surface area contributed by atoms with Crippen LogP contribution in [-0.2, 0) is 17.9 Å². The molecule has 0 aromatic heterocycles. The van der Waals surface area contributed by atoms with Crippen LogP contribution in [0.25, 0.3) is 0 Å². The van der Waals surface area contributed by atoms with Crippen LogP contribution in [0, 0.1) is 10.1 Å². The number of nitrogens with one attached hydrogen (secondary N) is 1. The van der Waals surface area contributed by atoms with Crippen molar-refractivity contribution in [2.24, 2.45) is 0 Å². The zero-order valence-corrected chi connectivity index (χ0v) is 13.9. The molecular weight excluding hydrogens is 338 g/mol. The summed E-state index contributed by atoms with van der Waals surface area (Å²) >= 11 is 0. The molecule has 2 aliphatic heterocycles. The molecule has 0 saturated carbocycles. The second-order valence-electron chi connectivity index (χ2n) is 6.24. The molecule has 26 heavy (non-hydrogen) atoms. The number of hydrogen-bond donors (Lipinski definition) is 1. The van der Waals surface area contributed by atoms with E-state index in [0.29, 0.717) is 18.7 Å². The fourth-order valence-electron chi connectivity index (χ4n) is 3.01. The molecular formula is C18H17N3O5. The maximum atomic E-state index is 12.3. The molecule has 1 saturated heterocycles. The van der Waals surface area contributed by atoms with Crippen LogP contribution in [0.5, 0.6) is 11.5 Å². The maximum absolute atomic E-state index is 12.3. The Morgan fingerprint density at radius 2 is 2.04 bits per heavy atom. The van der Waals surface area contributed by atoms with E-state index in [2.05, 4.69) is 5.32 Å². The van der Waals surface area contributed by atoms with E-state index in [1.54, 1.807) is 18.2 Å². The van der Waals surface area contributed by atoms with E-state index >= 15 is 0 Å². The van der Waals surface area contributed by atoms with Gasteiger partial charge < -0.3 is 14.8 Å². The molecule has 2 aliphatic rings. The number of para-hydroxylation sites is 1. The molecule has 0 aliphatic carbocycles. The Labute approximate surface area is 149 Å². The van der Waals surface area contributed by atoms with Crippen molar-refractivity contribution in [3.63, 3.8) is 0 Å². The van der Waals surface area contributed by atoms with Gasteiger partial charge in [0.25, 0.3) is 5.69 Å². The molecule has 8 nitrogen and oxygen atoms in total. The minimum Gasteiger partial charge on any atom is -0.454 e. The van der Waals surface area contributed by atoms with Crippen molar-refractivity contribution in [3.8, 4) is 11.5 Å². The van der Waals surface area contributed by atoms with Gasteiger partial charge in [-0.1, -0.05) is 24.3 Å². The molecule has 0 radical (unpaired) electrons. The summed E-state index contributed by atoms with van der Waals surface area (Å²) in [5, 5.41) is 13.8. The number of carbonyl (C=O) groups is 1. The normalized spacial score (nSPS) is 19.8. The van der Waals surface area contributed by atoms with Crippen molar-refractivity contribution >= 4 is 11.6 Å². The largest absolute Gasteiger partial charge is 0.454 e. The van der Waals surface area contributed by atoms with Crippen molar-refractivity contribution in [3.05, 3.63) is 63.7 Å². The van der Waals surface area contributed by atoms with E-state index < -0.39 is 4.92 Å². The minimum absolute atomic E-state index is 0.0146. The first-order chi connectivity index (χ1) is 12.6. The SMILES string of the molecule is O=C(NCc1ccccc1[N+](=O)[O-])C1CN1Cc1ccc2c(c1)OCO2. The van der Waals surface area contributed by atoms with Crippen molar-refractivity contribution < 1.29 is 19.2 Å². The fraction of sp³-hybridized carbons (Fsp3) is 0.278. The van der Waals surface area contributed by atoms with Crippen LogP contribution in [0.2, 0.25) is 0 Å². The smallest absolute Gasteiger partial charge is 0.274 e. The first kappa shape index (κ1) is 16.3. The third-order valence-electron chi connectivity index (χ3n) is 4.48. The molecule has 1 N–H and O–H groups in total. The molecule has 0 bridgehead atoms. The average Bonchev–Trinajstić information content (AvgIpc) is 3.24. The number of nitro benzene ring substituents is 1. The van der Waals surface area contributed by atoms with E-state index in [1.165, 1.54) is 6.07 Å². The molecule has 2 aromatic rings. The Bertz CT molecular complexity index is 870. The second kappa shape index (κ2) is 6.64. The lowest BCUT2D eigenvalue weighted by Crippen LogP contribution is -2.29. The third kappa shape index (κ3) is 3.31. The summed E-state index contributed by atoms with van der Waals surface area (Å²) in [6.07, 6.45) is 0. The molecule has 2 heterocycles. The number of ether oxygens (including phenoxy) is 2. The molecule has 0 spiro atoms. The zero-order valence-electron chi connectivity index (χ0n) is 13.9. The highest BCUT2D eigenvalue weighted by molar-refractivity contribution is 5.84. The zero-order chi connectivity index (χ0) is 18.1. The third-order valence-corrected chi connectivity index (χ3v) is 4.48. The van der Waals surface area contributed by atoms with Crippen LogP contribution in [-0.4, -0.2) is 35.1 Å². The van der Waals surface area contributed by atoms with Crippen LogP contribution in [0.1, 0.15) is 11.1 Å². The quantitative estimate of drug-likeness (QED) is 0.483. The van der Waals surface area contributed by atoms with E-state index in [1.807, 2.05) is 23.1 Å². The van der Waals surface area contributed by atoms with Crippen LogP contribution >= 0.6 is 0 Å². The van der Waals surface area contributed by atoms with Crippen molar-refractivity contribution in [1.29, 1.82) is 0 Å².